The van der Waals surface area contributed by atoms with Crippen molar-refractivity contribution in [3.63, 3.8) is 0 Å². The van der Waals surface area contributed by atoms with Crippen LogP contribution in [-0.4, -0.2) is 31.1 Å². The van der Waals surface area contributed by atoms with Gasteiger partial charge in [-0.25, -0.2) is 4.79 Å². The van der Waals surface area contributed by atoms with Crippen molar-refractivity contribution in [2.75, 3.05) is 14.2 Å². The third kappa shape index (κ3) is 3.13. The van der Waals surface area contributed by atoms with Gasteiger partial charge in [-0.2, -0.15) is 0 Å². The lowest BCUT2D eigenvalue weighted by Crippen LogP contribution is -2.32. The van der Waals surface area contributed by atoms with Crippen LogP contribution in [0.15, 0.2) is 16.5 Å². The third-order valence-electron chi connectivity index (χ3n) is 3.55. The molecule has 0 saturated heterocycles. The van der Waals surface area contributed by atoms with Gasteiger partial charge >= 0.3 is 5.97 Å². The number of nitrogens with zero attached hydrogens (tertiary/aromatic N) is 1. The maximum absolute atomic E-state index is 11.3. The van der Waals surface area contributed by atoms with Gasteiger partial charge in [-0.05, 0) is 38.9 Å². The third-order valence-corrected chi connectivity index (χ3v) is 3.55. The van der Waals surface area contributed by atoms with Crippen LogP contribution in [0.3, 0.4) is 0 Å². The van der Waals surface area contributed by atoms with Gasteiger partial charge in [-0.1, -0.05) is 13.8 Å². The highest BCUT2D eigenvalue weighted by molar-refractivity contribution is 5.86. The Bertz CT molecular complexity index is 382. The van der Waals surface area contributed by atoms with Gasteiger partial charge < -0.3 is 9.15 Å². The van der Waals surface area contributed by atoms with Gasteiger partial charge in [0.05, 0.1) is 13.2 Å². The van der Waals surface area contributed by atoms with E-state index in [0.29, 0.717) is 6.04 Å². The molecule has 0 bridgehead atoms. The largest absolute Gasteiger partial charge is 0.463 e. The van der Waals surface area contributed by atoms with E-state index < -0.39 is 5.97 Å². The first kappa shape index (κ1) is 14.8. The Hall–Kier alpha value is -1.29. The van der Waals surface area contributed by atoms with Gasteiger partial charge in [0.25, 0.3) is 0 Å². The molecule has 1 heterocycles. The fraction of sp³-hybridized carbons (Fsp3) is 0.643. The Labute approximate surface area is 109 Å². The van der Waals surface area contributed by atoms with E-state index in [2.05, 4.69) is 37.5 Å². The van der Waals surface area contributed by atoms with Crippen LogP contribution in [0.2, 0.25) is 0 Å². The number of carbonyl (C=O) groups excluding carboxylic acids is 1. The molecule has 0 aliphatic carbocycles. The lowest BCUT2D eigenvalue weighted by atomic mass is 10.1. The Morgan fingerprint density at radius 3 is 2.50 bits per heavy atom. The van der Waals surface area contributed by atoms with Crippen LogP contribution in [0.5, 0.6) is 0 Å². The summed E-state index contributed by atoms with van der Waals surface area (Å²) in [7, 11) is 3.44. The fourth-order valence-electron chi connectivity index (χ4n) is 2.17. The highest BCUT2D eigenvalue weighted by Gasteiger charge is 2.22. The molecule has 1 aromatic heterocycles. The van der Waals surface area contributed by atoms with Crippen LogP contribution in [0.1, 0.15) is 56.0 Å². The molecule has 0 amide bonds. The van der Waals surface area contributed by atoms with E-state index in [4.69, 9.17) is 4.42 Å². The van der Waals surface area contributed by atoms with E-state index in [0.717, 1.165) is 18.6 Å². The second kappa shape index (κ2) is 6.59. The average molecular weight is 253 g/mol. The zero-order valence-corrected chi connectivity index (χ0v) is 11.9. The maximum atomic E-state index is 11.3. The number of hydrogen-bond acceptors (Lipinski definition) is 4. The van der Waals surface area contributed by atoms with Crippen LogP contribution in [-0.2, 0) is 4.74 Å². The first-order valence-electron chi connectivity index (χ1n) is 6.45. The summed E-state index contributed by atoms with van der Waals surface area (Å²) in [6.07, 6.45) is 2.20. The Kier molecular flexibility index (Phi) is 5.41. The normalized spacial score (nSPS) is 13.1. The molecular formula is C14H23NO3. The summed E-state index contributed by atoms with van der Waals surface area (Å²) in [5.41, 5.74) is 0. The Morgan fingerprint density at radius 1 is 1.39 bits per heavy atom. The molecule has 0 radical (unpaired) electrons. The zero-order valence-electron chi connectivity index (χ0n) is 11.9. The van der Waals surface area contributed by atoms with Crippen LogP contribution >= 0.6 is 0 Å². The Balaban J connectivity index is 2.80. The van der Waals surface area contributed by atoms with Crippen LogP contribution in [0.4, 0.5) is 0 Å². The molecule has 0 aliphatic heterocycles. The van der Waals surface area contributed by atoms with Crippen LogP contribution in [0, 0.1) is 0 Å². The summed E-state index contributed by atoms with van der Waals surface area (Å²) in [5.74, 6) is 0.626. The summed E-state index contributed by atoms with van der Waals surface area (Å²) >= 11 is 0. The van der Waals surface area contributed by atoms with Gasteiger partial charge in [0, 0.05) is 6.04 Å². The van der Waals surface area contributed by atoms with Crippen molar-refractivity contribution in [2.24, 2.45) is 0 Å². The molecule has 0 aromatic carbocycles. The van der Waals surface area contributed by atoms with Crippen molar-refractivity contribution >= 4 is 5.97 Å². The number of furan rings is 1. The molecule has 4 nitrogen and oxygen atoms in total. The fourth-order valence-corrected chi connectivity index (χ4v) is 2.17. The smallest absolute Gasteiger partial charge is 0.373 e. The van der Waals surface area contributed by atoms with E-state index in [1.807, 2.05) is 6.07 Å². The number of ether oxygens (including phenoxy) is 1. The summed E-state index contributed by atoms with van der Waals surface area (Å²) in [6.45, 7) is 6.44. The van der Waals surface area contributed by atoms with Crippen molar-refractivity contribution in [1.82, 2.24) is 4.90 Å². The van der Waals surface area contributed by atoms with Crippen LogP contribution < -0.4 is 0 Å². The number of rotatable bonds is 6. The average Bonchev–Trinajstić information content (AvgIpc) is 2.87. The highest BCUT2D eigenvalue weighted by Crippen LogP contribution is 2.25. The molecule has 0 N–H and O–H groups in total. The van der Waals surface area contributed by atoms with E-state index >= 15 is 0 Å². The van der Waals surface area contributed by atoms with E-state index in [1.54, 1.807) is 6.07 Å². The summed E-state index contributed by atoms with van der Waals surface area (Å²) < 4.78 is 10.2. The predicted octanol–water partition coefficient (Wildman–Crippen LogP) is 3.25. The highest BCUT2D eigenvalue weighted by atomic mass is 16.5. The molecule has 18 heavy (non-hydrogen) atoms. The number of hydrogen-bond donors (Lipinski definition) is 0. The maximum Gasteiger partial charge on any atom is 0.373 e. The monoisotopic (exact) mass is 253 g/mol. The molecule has 1 unspecified atom stereocenters. The van der Waals surface area contributed by atoms with E-state index in [9.17, 15) is 4.79 Å². The zero-order chi connectivity index (χ0) is 13.7. The summed E-state index contributed by atoms with van der Waals surface area (Å²) in [6, 6.07) is 4.17. The lowest BCUT2D eigenvalue weighted by Gasteiger charge is -2.30. The molecule has 0 fully saturated rings. The van der Waals surface area contributed by atoms with Gasteiger partial charge in [-0.15, -0.1) is 0 Å². The summed E-state index contributed by atoms with van der Waals surface area (Å²) in [4.78, 5) is 13.6. The van der Waals surface area contributed by atoms with Crippen LogP contribution in [0.25, 0.3) is 0 Å². The molecule has 0 aliphatic rings. The molecule has 102 valence electrons. The number of methoxy groups -OCH3 is 1. The first-order valence-corrected chi connectivity index (χ1v) is 6.45. The minimum absolute atomic E-state index is 0.147. The topological polar surface area (TPSA) is 42.7 Å². The minimum atomic E-state index is -0.432. The quantitative estimate of drug-likeness (QED) is 0.730. The van der Waals surface area contributed by atoms with Crippen molar-refractivity contribution in [2.45, 2.75) is 45.7 Å². The molecule has 1 aromatic rings. The van der Waals surface area contributed by atoms with E-state index in [-0.39, 0.29) is 11.8 Å². The molecular weight excluding hydrogens is 230 g/mol. The molecule has 1 atom stereocenters. The number of carbonyl (C=O) groups is 1. The van der Waals surface area contributed by atoms with Gasteiger partial charge in [0.15, 0.2) is 0 Å². The number of esters is 1. The first-order chi connectivity index (χ1) is 8.54. The molecule has 4 heteroatoms. The lowest BCUT2D eigenvalue weighted by molar-refractivity contribution is 0.0557. The Morgan fingerprint density at radius 2 is 2.00 bits per heavy atom. The van der Waals surface area contributed by atoms with Gasteiger partial charge in [0.2, 0.25) is 5.76 Å². The van der Waals surface area contributed by atoms with Crippen molar-refractivity contribution in [3.8, 4) is 0 Å². The van der Waals surface area contributed by atoms with Gasteiger partial charge in [-0.3, -0.25) is 4.90 Å². The van der Waals surface area contributed by atoms with E-state index in [1.165, 1.54) is 7.11 Å². The van der Waals surface area contributed by atoms with Crippen molar-refractivity contribution in [3.05, 3.63) is 23.7 Å². The molecule has 0 saturated carbocycles. The molecule has 1 rings (SSSR count). The molecule has 0 spiro atoms. The van der Waals surface area contributed by atoms with Gasteiger partial charge in [0.1, 0.15) is 5.76 Å². The second-order valence-electron chi connectivity index (χ2n) is 4.51. The second-order valence-corrected chi connectivity index (χ2v) is 4.51. The van der Waals surface area contributed by atoms with Crippen molar-refractivity contribution in [1.29, 1.82) is 0 Å². The standard InChI is InChI=1S/C14H23NO3/c1-6-11(7-2)15(4)10(3)12-8-9-13(18-12)14(16)17-5/h8-11H,6-7H2,1-5H3. The SMILES string of the molecule is CCC(CC)N(C)C(C)c1ccc(C(=O)OC)o1. The summed E-state index contributed by atoms with van der Waals surface area (Å²) in [5, 5.41) is 0. The minimum Gasteiger partial charge on any atom is -0.463 e. The predicted molar refractivity (Wildman–Crippen MR) is 70.6 cm³/mol. The van der Waals surface area contributed by atoms with Crippen molar-refractivity contribution < 1.29 is 13.9 Å².